The van der Waals surface area contributed by atoms with Crippen LogP contribution in [0.15, 0.2) is 0 Å². The van der Waals surface area contributed by atoms with E-state index in [9.17, 15) is 19.5 Å². The van der Waals surface area contributed by atoms with Gasteiger partial charge < -0.3 is 37.5 Å². The average molecular weight is 446 g/mol. The van der Waals surface area contributed by atoms with Crippen LogP contribution in [0.4, 0.5) is 0 Å². The zero-order chi connectivity index (χ0) is 10.6. The van der Waals surface area contributed by atoms with Gasteiger partial charge in [-0.15, -0.1) is 0 Å². The Hall–Kier alpha value is -0.827. The molecule has 0 saturated heterocycles. The minimum Gasteiger partial charge on any atom is -0.550 e. The van der Waals surface area contributed by atoms with Gasteiger partial charge in [0.1, 0.15) is 0 Å². The first-order valence-electron chi connectivity index (χ1n) is 3.15. The summed E-state index contributed by atoms with van der Waals surface area (Å²) < 4.78 is 0. The fourth-order valence-electron chi connectivity index (χ4n) is 0.703. The van der Waals surface area contributed by atoms with Crippen LogP contribution in [0.2, 0.25) is 0 Å². The van der Waals surface area contributed by atoms with Gasteiger partial charge in [-0.2, -0.15) is 0 Å². The minimum absolute atomic E-state index is 0. The van der Waals surface area contributed by atoms with E-state index < -0.39 is 36.4 Å². The summed E-state index contributed by atoms with van der Waals surface area (Å²) in [5, 5.41) is 35.5. The van der Waals surface area contributed by atoms with Crippen molar-refractivity contribution in [2.45, 2.75) is 18.4 Å². The fraction of sp³-hybridized carbons (Fsp3) is 0.500. The topological polar surface area (TPSA) is 205 Å². The molecule has 0 aliphatic carbocycles. The Morgan fingerprint density at radius 2 is 1.50 bits per heavy atom. The van der Waals surface area contributed by atoms with Gasteiger partial charge in [0.15, 0.2) is 5.60 Å². The quantitative estimate of drug-likeness (QED) is 0.322. The smallest absolute Gasteiger partial charge is 0.550 e. The molecule has 0 aromatic rings. The number of carboxylic acids is 3. The summed E-state index contributed by atoms with van der Waals surface area (Å²) in [6, 6.07) is 0. The van der Waals surface area contributed by atoms with Crippen molar-refractivity contribution in [1.82, 2.24) is 12.3 Å². The first-order valence-corrected chi connectivity index (χ1v) is 3.15. The number of hydrogen-bond donors (Lipinski definition) is 5. The summed E-state index contributed by atoms with van der Waals surface area (Å²) in [6.45, 7) is 0. The van der Waals surface area contributed by atoms with E-state index >= 15 is 0 Å². The normalized spacial score (nSPS) is 11.8. The maximum Gasteiger partial charge on any atom is 3.00 e. The van der Waals surface area contributed by atoms with E-state index in [1.54, 1.807) is 0 Å². The van der Waals surface area contributed by atoms with Crippen molar-refractivity contribution in [3.63, 3.8) is 0 Å². The van der Waals surface area contributed by atoms with Crippen LogP contribution in [-0.2, 0) is 14.4 Å². The van der Waals surface area contributed by atoms with Crippen molar-refractivity contribution < 1.29 is 43.4 Å². The molecule has 0 heterocycles. The Morgan fingerprint density at radius 3 is 1.69 bits per heavy atom. The number of aliphatic carboxylic acids is 3. The van der Waals surface area contributed by atoms with Crippen LogP contribution in [0.5, 0.6) is 0 Å². The van der Waals surface area contributed by atoms with Crippen LogP contribution in [0.1, 0.15) is 21.4 Å². The molecular formula is C6H25BiN2O7+2. The molecule has 0 bridgehead atoms. The van der Waals surface area contributed by atoms with Crippen LogP contribution >= 0.6 is 0 Å². The standard InChI is InChI=1S/C6H8O7.Bi.2H3N.6H2/c7-3(8)1-6(13,5(11)12)2-4(9)10;;;;;;;;;/h13H,1-2H2,(H,7,8)(H,9,10)(H,11,12);;2*1H3;6*1H/q;+3;;;;;;;;/p-1. The van der Waals surface area contributed by atoms with Crippen molar-refractivity contribution >= 4 is 44.1 Å². The third kappa shape index (κ3) is 8.48. The van der Waals surface area contributed by atoms with Crippen LogP contribution < -0.4 is 17.4 Å². The molecular weight excluding hydrogens is 421 g/mol. The van der Waals surface area contributed by atoms with Gasteiger partial charge in [-0.3, -0.25) is 4.79 Å². The third-order valence-corrected chi connectivity index (χ3v) is 1.28. The van der Waals surface area contributed by atoms with E-state index in [2.05, 4.69) is 0 Å². The predicted molar refractivity (Wildman–Crippen MR) is 62.9 cm³/mol. The monoisotopic (exact) mass is 446 g/mol. The van der Waals surface area contributed by atoms with Gasteiger partial charge >= 0.3 is 38.1 Å². The number of carboxylic acid groups (broad SMARTS) is 3. The van der Waals surface area contributed by atoms with Crippen LogP contribution in [-0.4, -0.2) is 65.0 Å². The second-order valence-electron chi connectivity index (χ2n) is 2.46. The number of aliphatic hydroxyl groups is 1. The zero-order valence-electron chi connectivity index (χ0n) is 8.25. The maximum atomic E-state index is 10.3. The second kappa shape index (κ2) is 9.40. The molecule has 9 nitrogen and oxygen atoms in total. The van der Waals surface area contributed by atoms with Gasteiger partial charge in [0.2, 0.25) is 0 Å². The molecule has 2 radical (unpaired) electrons. The largest absolute Gasteiger partial charge is 3.00 e. The van der Waals surface area contributed by atoms with Gasteiger partial charge in [0.05, 0.1) is 6.42 Å². The molecule has 0 spiro atoms. The molecule has 10 heteroatoms. The van der Waals surface area contributed by atoms with Gasteiger partial charge in [-0.05, 0) is 0 Å². The van der Waals surface area contributed by atoms with Gasteiger partial charge in [0.25, 0.3) is 0 Å². The van der Waals surface area contributed by atoms with E-state index in [0.717, 1.165) is 0 Å². The van der Waals surface area contributed by atoms with E-state index in [0.29, 0.717) is 0 Å². The molecule has 0 fully saturated rings. The second-order valence-corrected chi connectivity index (χ2v) is 2.46. The number of rotatable bonds is 5. The molecule has 0 rings (SSSR count). The summed E-state index contributed by atoms with van der Waals surface area (Å²) in [5.74, 6) is -5.34. The molecule has 9 N–H and O–H groups in total. The Kier molecular flexibility index (Phi) is 14.3. The van der Waals surface area contributed by atoms with Crippen molar-refractivity contribution in [1.29, 1.82) is 0 Å². The Labute approximate surface area is 119 Å². The molecule has 16 heavy (non-hydrogen) atoms. The third-order valence-electron chi connectivity index (χ3n) is 1.28. The van der Waals surface area contributed by atoms with Gasteiger partial charge in [-0.25, -0.2) is 4.79 Å². The SMILES string of the molecule is N.N.O=C([O-])CC(O)(CC(=O)O)C(=O)O.[Bi+3].[HH].[HH].[HH].[HH].[HH].[HH]. The number of carbonyl (C=O) groups is 3. The fourth-order valence-corrected chi connectivity index (χ4v) is 0.703. The molecule has 0 saturated carbocycles. The first-order chi connectivity index (χ1) is 5.78. The van der Waals surface area contributed by atoms with Crippen molar-refractivity contribution in [3.8, 4) is 0 Å². The maximum absolute atomic E-state index is 10.3. The minimum atomic E-state index is -2.80. The summed E-state index contributed by atoms with van der Waals surface area (Å²) in [6.07, 6.45) is -2.44. The van der Waals surface area contributed by atoms with Crippen molar-refractivity contribution in [2.24, 2.45) is 0 Å². The Morgan fingerprint density at radius 1 is 1.12 bits per heavy atom. The molecule has 1 unspecified atom stereocenters. The predicted octanol–water partition coefficient (Wildman–Crippen LogP) is -1.16. The Bertz CT molecular complexity index is 260. The molecule has 0 aromatic carbocycles. The molecule has 0 aromatic heterocycles. The van der Waals surface area contributed by atoms with Crippen LogP contribution in [0, 0.1) is 0 Å². The summed E-state index contributed by atoms with van der Waals surface area (Å²) >= 11 is 0. The zero-order valence-corrected chi connectivity index (χ0v) is 11.7. The average Bonchev–Trinajstić information content (AvgIpc) is 1.82. The Balaban J connectivity index is -0.0000000200. The van der Waals surface area contributed by atoms with E-state index in [4.69, 9.17) is 15.3 Å². The molecule has 1 atom stereocenters. The van der Waals surface area contributed by atoms with Crippen LogP contribution in [0.25, 0.3) is 0 Å². The summed E-state index contributed by atoms with van der Waals surface area (Å²) in [5.41, 5.74) is -2.80. The van der Waals surface area contributed by atoms with Gasteiger partial charge in [0, 0.05) is 20.9 Å². The number of hydrogen-bond acceptors (Lipinski definition) is 7. The van der Waals surface area contributed by atoms with Crippen molar-refractivity contribution in [3.05, 3.63) is 0 Å². The van der Waals surface area contributed by atoms with E-state index in [1.165, 1.54) is 0 Å². The molecule has 0 amide bonds. The van der Waals surface area contributed by atoms with E-state index in [-0.39, 0.29) is 47.1 Å². The first kappa shape index (κ1) is 24.4. The number of carbonyl (C=O) groups excluding carboxylic acids is 1. The summed E-state index contributed by atoms with van der Waals surface area (Å²) in [4.78, 5) is 30.3. The molecule has 104 valence electrons. The van der Waals surface area contributed by atoms with Crippen molar-refractivity contribution in [2.75, 3.05) is 0 Å². The van der Waals surface area contributed by atoms with E-state index in [1.807, 2.05) is 0 Å². The van der Waals surface area contributed by atoms with Gasteiger partial charge in [-0.1, -0.05) is 0 Å². The molecule has 0 aliphatic heterocycles. The summed E-state index contributed by atoms with van der Waals surface area (Å²) in [7, 11) is 0. The van der Waals surface area contributed by atoms with Crippen LogP contribution in [0.3, 0.4) is 0 Å². The molecule has 0 aliphatic rings.